The van der Waals surface area contributed by atoms with Crippen molar-refractivity contribution >= 4 is 50.8 Å². The van der Waals surface area contributed by atoms with Crippen molar-refractivity contribution in [3.8, 4) is 0 Å². The van der Waals surface area contributed by atoms with Gasteiger partial charge in [-0.05, 0) is 12.1 Å². The molecule has 1 N–H and O–H groups in total. The number of carbonyl (C=O) groups is 1. The van der Waals surface area contributed by atoms with Crippen LogP contribution in [0, 0.1) is 10.1 Å². The SMILES string of the molecule is O=C(NN=Cc1ccccc1[N+](=O)[O-])c1sc2ccccc2c1Cl. The van der Waals surface area contributed by atoms with Crippen LogP contribution in [0.4, 0.5) is 5.69 Å². The van der Waals surface area contributed by atoms with Crippen LogP contribution in [0.3, 0.4) is 0 Å². The molecule has 1 aromatic heterocycles. The first-order chi connectivity index (χ1) is 11.6. The van der Waals surface area contributed by atoms with Crippen molar-refractivity contribution in [1.29, 1.82) is 0 Å². The van der Waals surface area contributed by atoms with E-state index in [9.17, 15) is 14.9 Å². The van der Waals surface area contributed by atoms with Gasteiger partial charge in [0.2, 0.25) is 0 Å². The number of halogens is 1. The van der Waals surface area contributed by atoms with Gasteiger partial charge in [0.1, 0.15) is 4.88 Å². The number of fused-ring (bicyclic) bond motifs is 1. The number of nitro benzene ring substituents is 1. The zero-order valence-electron chi connectivity index (χ0n) is 12.1. The fourth-order valence-corrected chi connectivity index (χ4v) is 3.54. The minimum atomic E-state index is -0.508. The molecule has 0 aliphatic rings. The van der Waals surface area contributed by atoms with E-state index in [0.29, 0.717) is 15.5 Å². The Labute approximate surface area is 145 Å². The van der Waals surface area contributed by atoms with Gasteiger partial charge >= 0.3 is 0 Å². The highest BCUT2D eigenvalue weighted by Gasteiger charge is 2.16. The molecule has 3 rings (SSSR count). The summed E-state index contributed by atoms with van der Waals surface area (Å²) in [4.78, 5) is 23.0. The molecule has 120 valence electrons. The summed E-state index contributed by atoms with van der Waals surface area (Å²) in [5.41, 5.74) is 2.56. The molecule has 0 saturated heterocycles. The lowest BCUT2D eigenvalue weighted by Crippen LogP contribution is -2.16. The molecular weight excluding hydrogens is 350 g/mol. The average Bonchev–Trinajstić information content (AvgIpc) is 2.92. The summed E-state index contributed by atoms with van der Waals surface area (Å²) in [6, 6.07) is 13.5. The standard InChI is InChI=1S/C16H10ClN3O3S/c17-14-11-6-2-4-8-13(11)24-15(14)16(21)19-18-9-10-5-1-3-7-12(10)20(22)23/h1-9H,(H,19,21). The van der Waals surface area contributed by atoms with Gasteiger partial charge in [0, 0.05) is 16.2 Å². The van der Waals surface area contributed by atoms with Crippen LogP contribution in [-0.2, 0) is 0 Å². The molecule has 8 heteroatoms. The Balaban J connectivity index is 1.80. The van der Waals surface area contributed by atoms with Crippen molar-refractivity contribution in [3.05, 3.63) is 74.1 Å². The molecule has 0 aliphatic carbocycles. The molecule has 0 aliphatic heterocycles. The highest BCUT2D eigenvalue weighted by Crippen LogP contribution is 2.34. The molecule has 0 spiro atoms. The summed E-state index contributed by atoms with van der Waals surface area (Å²) in [5.74, 6) is -0.462. The maximum Gasteiger partial charge on any atom is 0.283 e. The van der Waals surface area contributed by atoms with Crippen LogP contribution < -0.4 is 5.43 Å². The molecule has 0 fully saturated rings. The van der Waals surface area contributed by atoms with E-state index < -0.39 is 10.8 Å². The van der Waals surface area contributed by atoms with Gasteiger partial charge in [-0.2, -0.15) is 5.10 Å². The van der Waals surface area contributed by atoms with E-state index in [1.165, 1.54) is 23.6 Å². The zero-order valence-corrected chi connectivity index (χ0v) is 13.7. The molecule has 0 radical (unpaired) electrons. The second-order valence-corrected chi connectivity index (χ2v) is 6.19. The predicted octanol–water partition coefficient (Wildman–Crippen LogP) is 4.23. The van der Waals surface area contributed by atoms with E-state index in [1.807, 2.05) is 24.3 Å². The summed E-state index contributed by atoms with van der Waals surface area (Å²) >= 11 is 7.48. The zero-order chi connectivity index (χ0) is 17.1. The Morgan fingerprint density at radius 2 is 1.92 bits per heavy atom. The summed E-state index contributed by atoms with van der Waals surface area (Å²) in [7, 11) is 0. The quantitative estimate of drug-likeness (QED) is 0.430. The van der Waals surface area contributed by atoms with Crippen LogP contribution in [0.2, 0.25) is 5.02 Å². The second kappa shape index (κ2) is 6.77. The number of amides is 1. The lowest BCUT2D eigenvalue weighted by Gasteiger charge is -1.98. The Morgan fingerprint density at radius 3 is 2.67 bits per heavy atom. The predicted molar refractivity (Wildman–Crippen MR) is 95.0 cm³/mol. The maximum atomic E-state index is 12.2. The van der Waals surface area contributed by atoms with E-state index >= 15 is 0 Å². The van der Waals surface area contributed by atoms with E-state index in [-0.39, 0.29) is 5.69 Å². The summed E-state index contributed by atoms with van der Waals surface area (Å²) in [5, 5.41) is 15.9. The van der Waals surface area contributed by atoms with Gasteiger partial charge in [-0.1, -0.05) is 41.9 Å². The van der Waals surface area contributed by atoms with Crippen LogP contribution in [0.1, 0.15) is 15.2 Å². The first-order valence-electron chi connectivity index (χ1n) is 6.82. The van der Waals surface area contributed by atoms with E-state index in [1.54, 1.807) is 18.2 Å². The van der Waals surface area contributed by atoms with Crippen molar-refractivity contribution in [1.82, 2.24) is 5.43 Å². The molecule has 6 nitrogen and oxygen atoms in total. The largest absolute Gasteiger partial charge is 0.283 e. The molecule has 0 bridgehead atoms. The summed E-state index contributed by atoms with van der Waals surface area (Å²) in [6.45, 7) is 0. The lowest BCUT2D eigenvalue weighted by atomic mass is 10.2. The van der Waals surface area contributed by atoms with Crippen LogP contribution in [0.25, 0.3) is 10.1 Å². The minimum Gasteiger partial charge on any atom is -0.266 e. The number of hydrogen-bond donors (Lipinski definition) is 1. The normalized spacial score (nSPS) is 11.0. The molecule has 0 unspecified atom stereocenters. The van der Waals surface area contributed by atoms with Gasteiger partial charge < -0.3 is 0 Å². The van der Waals surface area contributed by atoms with Gasteiger partial charge in [0.15, 0.2) is 0 Å². The number of nitrogens with zero attached hydrogens (tertiary/aromatic N) is 2. The van der Waals surface area contributed by atoms with Crippen LogP contribution in [0.5, 0.6) is 0 Å². The Morgan fingerprint density at radius 1 is 1.21 bits per heavy atom. The first-order valence-corrected chi connectivity index (χ1v) is 8.01. The van der Waals surface area contributed by atoms with Crippen LogP contribution >= 0.6 is 22.9 Å². The lowest BCUT2D eigenvalue weighted by molar-refractivity contribution is -0.385. The third kappa shape index (κ3) is 3.12. The number of carbonyl (C=O) groups excluding carboxylic acids is 1. The van der Waals surface area contributed by atoms with Crippen molar-refractivity contribution in [3.63, 3.8) is 0 Å². The van der Waals surface area contributed by atoms with Crippen molar-refractivity contribution < 1.29 is 9.72 Å². The minimum absolute atomic E-state index is 0.0876. The monoisotopic (exact) mass is 359 g/mol. The van der Waals surface area contributed by atoms with Gasteiger partial charge in [-0.25, -0.2) is 5.43 Å². The fourth-order valence-electron chi connectivity index (χ4n) is 2.13. The van der Waals surface area contributed by atoms with Gasteiger partial charge in [-0.3, -0.25) is 14.9 Å². The number of para-hydroxylation sites is 1. The third-order valence-corrected chi connectivity index (χ3v) is 4.92. The summed E-state index contributed by atoms with van der Waals surface area (Å²) in [6.07, 6.45) is 1.23. The Hall–Kier alpha value is -2.77. The number of nitro groups is 1. The average molecular weight is 360 g/mol. The van der Waals surface area contributed by atoms with E-state index in [0.717, 1.165) is 10.1 Å². The number of thiophene rings is 1. The molecule has 24 heavy (non-hydrogen) atoms. The smallest absolute Gasteiger partial charge is 0.266 e. The molecule has 3 aromatic rings. The van der Waals surface area contributed by atoms with Crippen molar-refractivity contribution in [2.24, 2.45) is 5.10 Å². The molecule has 0 atom stereocenters. The number of benzene rings is 2. The maximum absolute atomic E-state index is 12.2. The molecular formula is C16H10ClN3O3S. The molecule has 2 aromatic carbocycles. The summed E-state index contributed by atoms with van der Waals surface area (Å²) < 4.78 is 0.898. The number of nitrogens with one attached hydrogen (secondary N) is 1. The van der Waals surface area contributed by atoms with Crippen LogP contribution in [-0.4, -0.2) is 17.0 Å². The number of hydrogen-bond acceptors (Lipinski definition) is 5. The number of rotatable bonds is 4. The van der Waals surface area contributed by atoms with Crippen molar-refractivity contribution in [2.75, 3.05) is 0 Å². The fraction of sp³-hybridized carbons (Fsp3) is 0. The topological polar surface area (TPSA) is 84.6 Å². The van der Waals surface area contributed by atoms with Gasteiger partial charge in [0.05, 0.1) is 21.7 Å². The van der Waals surface area contributed by atoms with Crippen LogP contribution in [0.15, 0.2) is 53.6 Å². The highest BCUT2D eigenvalue weighted by atomic mass is 35.5. The highest BCUT2D eigenvalue weighted by molar-refractivity contribution is 7.21. The molecule has 1 heterocycles. The molecule has 0 saturated carbocycles. The van der Waals surface area contributed by atoms with Crippen molar-refractivity contribution in [2.45, 2.75) is 0 Å². The number of hydrazone groups is 1. The first kappa shape index (κ1) is 16.1. The second-order valence-electron chi connectivity index (χ2n) is 4.76. The van der Waals surface area contributed by atoms with E-state index in [2.05, 4.69) is 10.5 Å². The third-order valence-electron chi connectivity index (χ3n) is 3.24. The Kier molecular flexibility index (Phi) is 4.54. The van der Waals surface area contributed by atoms with Gasteiger partial charge in [-0.15, -0.1) is 11.3 Å². The van der Waals surface area contributed by atoms with E-state index in [4.69, 9.17) is 11.6 Å². The molecule has 1 amide bonds. The Bertz CT molecular complexity index is 968. The van der Waals surface area contributed by atoms with Gasteiger partial charge in [0.25, 0.3) is 11.6 Å².